The van der Waals surface area contributed by atoms with Crippen LogP contribution in [0.4, 0.5) is 0 Å². The molecule has 0 atom stereocenters. The number of amides is 2. The van der Waals surface area contributed by atoms with Gasteiger partial charge in [-0.3, -0.25) is 9.59 Å². The average molecular weight is 346 g/mol. The van der Waals surface area contributed by atoms with Gasteiger partial charge in [0.1, 0.15) is 0 Å². The smallest absolute Gasteiger partial charge is 0.223 e. The minimum absolute atomic E-state index is 0.0300. The molecule has 25 heavy (non-hydrogen) atoms. The standard InChI is InChI=1S/C20H30N2O3/c1-15-5-3-6-16(13-15)14-22-20(24)18-9-7-17(8-10-18)19(23)21-11-4-12-25-2/h3,5-6,13,17-18H,4,7-12,14H2,1-2H3,(H,21,23)(H,22,24). The first-order valence-electron chi connectivity index (χ1n) is 9.20. The Morgan fingerprint density at radius 2 is 1.72 bits per heavy atom. The first-order chi connectivity index (χ1) is 12.1. The van der Waals surface area contributed by atoms with Gasteiger partial charge in [-0.1, -0.05) is 29.8 Å². The minimum Gasteiger partial charge on any atom is -0.385 e. The summed E-state index contributed by atoms with van der Waals surface area (Å²) >= 11 is 0. The van der Waals surface area contributed by atoms with Crippen molar-refractivity contribution in [2.75, 3.05) is 20.3 Å². The molecule has 0 unspecified atom stereocenters. The Kier molecular flexibility index (Phi) is 7.92. The predicted octanol–water partition coefficient (Wildman–Crippen LogP) is 2.57. The lowest BCUT2D eigenvalue weighted by atomic mass is 9.81. The average Bonchev–Trinajstić information content (AvgIpc) is 2.63. The molecule has 0 spiro atoms. The molecule has 0 radical (unpaired) electrons. The number of nitrogens with one attached hydrogen (secondary N) is 2. The monoisotopic (exact) mass is 346 g/mol. The lowest BCUT2D eigenvalue weighted by molar-refractivity contribution is -0.130. The Bertz CT molecular complexity index is 566. The highest BCUT2D eigenvalue weighted by atomic mass is 16.5. The van der Waals surface area contributed by atoms with Gasteiger partial charge >= 0.3 is 0 Å². The number of carbonyl (C=O) groups excluding carboxylic acids is 2. The van der Waals surface area contributed by atoms with Gasteiger partial charge in [0, 0.05) is 38.6 Å². The molecule has 0 aliphatic heterocycles. The number of aryl methyl sites for hydroxylation is 1. The van der Waals surface area contributed by atoms with Crippen molar-refractivity contribution >= 4 is 11.8 Å². The predicted molar refractivity (Wildman–Crippen MR) is 98.0 cm³/mol. The number of rotatable bonds is 8. The fourth-order valence-corrected chi connectivity index (χ4v) is 3.35. The van der Waals surface area contributed by atoms with E-state index in [0.29, 0.717) is 19.7 Å². The van der Waals surface area contributed by atoms with Gasteiger partial charge in [-0.05, 0) is 44.6 Å². The maximum Gasteiger partial charge on any atom is 0.223 e. The van der Waals surface area contributed by atoms with Crippen LogP contribution in [0.2, 0.25) is 0 Å². The summed E-state index contributed by atoms with van der Waals surface area (Å²) in [7, 11) is 1.66. The molecule has 0 heterocycles. The fourth-order valence-electron chi connectivity index (χ4n) is 3.35. The highest BCUT2D eigenvalue weighted by Gasteiger charge is 2.29. The summed E-state index contributed by atoms with van der Waals surface area (Å²) in [6.07, 6.45) is 3.99. The molecule has 2 rings (SSSR count). The third-order valence-corrected chi connectivity index (χ3v) is 4.84. The lowest BCUT2D eigenvalue weighted by Gasteiger charge is -2.27. The zero-order chi connectivity index (χ0) is 18.1. The molecular weight excluding hydrogens is 316 g/mol. The van der Waals surface area contributed by atoms with E-state index in [1.807, 2.05) is 25.1 Å². The summed E-state index contributed by atoms with van der Waals surface area (Å²) in [6, 6.07) is 8.17. The Balaban J connectivity index is 1.68. The van der Waals surface area contributed by atoms with Crippen molar-refractivity contribution in [3.63, 3.8) is 0 Å². The summed E-state index contributed by atoms with van der Waals surface area (Å²) in [5.41, 5.74) is 2.32. The second kappa shape index (κ2) is 10.2. The van der Waals surface area contributed by atoms with Gasteiger partial charge in [-0.2, -0.15) is 0 Å². The molecule has 138 valence electrons. The van der Waals surface area contributed by atoms with Crippen LogP contribution in [0.25, 0.3) is 0 Å². The Labute approximate surface area is 150 Å². The second-order valence-corrected chi connectivity index (χ2v) is 6.89. The van der Waals surface area contributed by atoms with Gasteiger partial charge in [0.05, 0.1) is 0 Å². The molecule has 1 aliphatic carbocycles. The van der Waals surface area contributed by atoms with E-state index in [0.717, 1.165) is 37.7 Å². The van der Waals surface area contributed by atoms with Crippen LogP contribution in [0.15, 0.2) is 24.3 Å². The molecule has 5 heteroatoms. The Hall–Kier alpha value is -1.88. The summed E-state index contributed by atoms with van der Waals surface area (Å²) in [5.74, 6) is 0.306. The van der Waals surface area contributed by atoms with Crippen molar-refractivity contribution < 1.29 is 14.3 Å². The van der Waals surface area contributed by atoms with E-state index >= 15 is 0 Å². The van der Waals surface area contributed by atoms with Crippen molar-refractivity contribution in [2.45, 2.75) is 45.6 Å². The number of hydrogen-bond acceptors (Lipinski definition) is 3. The van der Waals surface area contributed by atoms with Crippen LogP contribution >= 0.6 is 0 Å². The van der Waals surface area contributed by atoms with Gasteiger partial charge in [-0.15, -0.1) is 0 Å². The van der Waals surface area contributed by atoms with E-state index in [1.54, 1.807) is 7.11 Å². The van der Waals surface area contributed by atoms with Gasteiger partial charge in [0.2, 0.25) is 11.8 Å². The number of ether oxygens (including phenoxy) is 1. The molecule has 1 aromatic carbocycles. The van der Waals surface area contributed by atoms with Crippen LogP contribution in [0.1, 0.15) is 43.2 Å². The highest BCUT2D eigenvalue weighted by molar-refractivity contribution is 5.81. The van der Waals surface area contributed by atoms with E-state index in [-0.39, 0.29) is 23.7 Å². The van der Waals surface area contributed by atoms with Crippen LogP contribution in [0.5, 0.6) is 0 Å². The largest absolute Gasteiger partial charge is 0.385 e. The van der Waals surface area contributed by atoms with Gasteiger partial charge < -0.3 is 15.4 Å². The second-order valence-electron chi connectivity index (χ2n) is 6.89. The van der Waals surface area contributed by atoms with Crippen molar-refractivity contribution in [2.24, 2.45) is 11.8 Å². The van der Waals surface area contributed by atoms with E-state index in [2.05, 4.69) is 16.7 Å². The highest BCUT2D eigenvalue weighted by Crippen LogP contribution is 2.29. The Morgan fingerprint density at radius 1 is 1.08 bits per heavy atom. The molecular formula is C20H30N2O3. The molecule has 0 bridgehead atoms. The van der Waals surface area contributed by atoms with E-state index < -0.39 is 0 Å². The number of methoxy groups -OCH3 is 1. The van der Waals surface area contributed by atoms with Gasteiger partial charge in [0.25, 0.3) is 0 Å². The third kappa shape index (κ3) is 6.50. The Morgan fingerprint density at radius 3 is 2.32 bits per heavy atom. The van der Waals surface area contributed by atoms with Crippen LogP contribution in [0, 0.1) is 18.8 Å². The molecule has 1 aliphatic rings. The van der Waals surface area contributed by atoms with E-state index in [9.17, 15) is 9.59 Å². The normalized spacial score (nSPS) is 20.1. The van der Waals surface area contributed by atoms with Crippen LogP contribution < -0.4 is 10.6 Å². The van der Waals surface area contributed by atoms with Crippen LogP contribution in [-0.4, -0.2) is 32.1 Å². The summed E-state index contributed by atoms with van der Waals surface area (Å²) in [6.45, 7) is 3.94. The molecule has 0 aromatic heterocycles. The maximum atomic E-state index is 12.4. The molecule has 1 saturated carbocycles. The summed E-state index contributed by atoms with van der Waals surface area (Å²) in [4.78, 5) is 24.5. The zero-order valence-electron chi connectivity index (χ0n) is 15.3. The molecule has 2 amide bonds. The number of hydrogen-bond donors (Lipinski definition) is 2. The summed E-state index contributed by atoms with van der Waals surface area (Å²) in [5, 5.41) is 6.00. The van der Waals surface area contributed by atoms with Crippen molar-refractivity contribution in [3.8, 4) is 0 Å². The van der Waals surface area contributed by atoms with Crippen LogP contribution in [0.3, 0.4) is 0 Å². The fraction of sp³-hybridized carbons (Fsp3) is 0.600. The first-order valence-corrected chi connectivity index (χ1v) is 9.20. The van der Waals surface area contributed by atoms with E-state index in [1.165, 1.54) is 5.56 Å². The number of benzene rings is 1. The molecule has 1 aromatic rings. The quantitative estimate of drug-likeness (QED) is 0.711. The summed E-state index contributed by atoms with van der Waals surface area (Å²) < 4.78 is 4.98. The van der Waals surface area contributed by atoms with Crippen molar-refractivity contribution in [1.29, 1.82) is 0 Å². The maximum absolute atomic E-state index is 12.4. The molecule has 1 fully saturated rings. The minimum atomic E-state index is 0.0300. The topological polar surface area (TPSA) is 67.4 Å². The van der Waals surface area contributed by atoms with Crippen molar-refractivity contribution in [1.82, 2.24) is 10.6 Å². The van der Waals surface area contributed by atoms with Crippen LogP contribution in [-0.2, 0) is 20.9 Å². The van der Waals surface area contributed by atoms with Crippen molar-refractivity contribution in [3.05, 3.63) is 35.4 Å². The molecule has 2 N–H and O–H groups in total. The third-order valence-electron chi connectivity index (χ3n) is 4.84. The molecule has 5 nitrogen and oxygen atoms in total. The number of carbonyl (C=O) groups is 2. The zero-order valence-corrected chi connectivity index (χ0v) is 15.3. The van der Waals surface area contributed by atoms with Gasteiger partial charge in [-0.25, -0.2) is 0 Å². The van der Waals surface area contributed by atoms with Gasteiger partial charge in [0.15, 0.2) is 0 Å². The van der Waals surface area contributed by atoms with E-state index in [4.69, 9.17) is 4.74 Å². The molecule has 0 saturated heterocycles. The lowest BCUT2D eigenvalue weighted by Crippen LogP contribution is -2.37. The first kappa shape index (κ1) is 19.4. The SMILES string of the molecule is COCCCNC(=O)C1CCC(C(=O)NCc2cccc(C)c2)CC1.